The molecule has 0 unspecified atom stereocenters. The van der Waals surface area contributed by atoms with Crippen LogP contribution in [0.5, 0.6) is 0 Å². The van der Waals surface area contributed by atoms with Crippen molar-refractivity contribution >= 4 is 0 Å². The Kier molecular flexibility index (Phi) is 16.3. The van der Waals surface area contributed by atoms with Crippen LogP contribution in [0.4, 0.5) is 0 Å². The normalized spacial score (nSPS) is 11.4. The number of rotatable bonds is 14. The molecular formula is C16H32O2. The first kappa shape index (κ1) is 17.7. The highest BCUT2D eigenvalue weighted by Crippen LogP contribution is 2.08. The van der Waals surface area contributed by atoms with Crippen molar-refractivity contribution in [1.82, 2.24) is 0 Å². The maximum atomic E-state index is 5.51. The quantitative estimate of drug-likeness (QED) is 0.330. The SMILES string of the molecule is C/C=C/COCCOCCCCCCCCCC. The highest BCUT2D eigenvalue weighted by Gasteiger charge is 1.92. The van der Waals surface area contributed by atoms with Crippen LogP contribution in [0.2, 0.25) is 0 Å². The number of unbranched alkanes of at least 4 members (excludes halogenated alkanes) is 7. The van der Waals surface area contributed by atoms with Crippen LogP contribution in [0.1, 0.15) is 65.2 Å². The van der Waals surface area contributed by atoms with Gasteiger partial charge in [-0.25, -0.2) is 0 Å². The minimum Gasteiger partial charge on any atom is -0.379 e. The maximum Gasteiger partial charge on any atom is 0.0704 e. The molecule has 0 rings (SSSR count). The van der Waals surface area contributed by atoms with E-state index >= 15 is 0 Å². The van der Waals surface area contributed by atoms with Gasteiger partial charge in [0.05, 0.1) is 19.8 Å². The minimum absolute atomic E-state index is 0.706. The highest BCUT2D eigenvalue weighted by atomic mass is 16.5. The number of allylic oxidation sites excluding steroid dienone is 1. The molecule has 0 aliphatic carbocycles. The van der Waals surface area contributed by atoms with Crippen LogP contribution in [0.25, 0.3) is 0 Å². The van der Waals surface area contributed by atoms with E-state index in [0.717, 1.165) is 13.2 Å². The summed E-state index contributed by atoms with van der Waals surface area (Å²) in [5.74, 6) is 0. The molecule has 0 aromatic rings. The molecule has 0 aliphatic heterocycles. The molecule has 0 radical (unpaired) electrons. The molecule has 0 bridgehead atoms. The summed E-state index contributed by atoms with van der Waals surface area (Å²) >= 11 is 0. The number of hydrogen-bond donors (Lipinski definition) is 0. The van der Waals surface area contributed by atoms with Gasteiger partial charge in [0.2, 0.25) is 0 Å². The summed E-state index contributed by atoms with van der Waals surface area (Å²) in [7, 11) is 0. The summed E-state index contributed by atoms with van der Waals surface area (Å²) in [6.07, 6.45) is 14.8. The molecule has 2 heteroatoms. The van der Waals surface area contributed by atoms with Gasteiger partial charge in [-0.15, -0.1) is 0 Å². The van der Waals surface area contributed by atoms with Crippen molar-refractivity contribution in [3.63, 3.8) is 0 Å². The molecule has 18 heavy (non-hydrogen) atoms. The lowest BCUT2D eigenvalue weighted by Crippen LogP contribution is -2.05. The highest BCUT2D eigenvalue weighted by molar-refractivity contribution is 4.75. The van der Waals surface area contributed by atoms with Gasteiger partial charge in [-0.3, -0.25) is 0 Å². The first-order valence-electron chi connectivity index (χ1n) is 7.68. The first-order valence-corrected chi connectivity index (χ1v) is 7.68. The molecule has 0 aromatic carbocycles. The van der Waals surface area contributed by atoms with Crippen molar-refractivity contribution in [1.29, 1.82) is 0 Å². The zero-order valence-corrected chi connectivity index (χ0v) is 12.5. The second-order valence-corrected chi connectivity index (χ2v) is 4.73. The van der Waals surface area contributed by atoms with Gasteiger partial charge >= 0.3 is 0 Å². The average molecular weight is 256 g/mol. The molecular weight excluding hydrogens is 224 g/mol. The van der Waals surface area contributed by atoms with E-state index in [4.69, 9.17) is 9.47 Å². The van der Waals surface area contributed by atoms with Crippen LogP contribution in [-0.2, 0) is 9.47 Å². The molecule has 0 saturated carbocycles. The van der Waals surface area contributed by atoms with Gasteiger partial charge in [0.1, 0.15) is 0 Å². The van der Waals surface area contributed by atoms with Gasteiger partial charge in [0.15, 0.2) is 0 Å². The Morgan fingerprint density at radius 3 is 2.00 bits per heavy atom. The Hall–Kier alpha value is -0.340. The summed E-state index contributed by atoms with van der Waals surface area (Å²) in [5.41, 5.74) is 0. The molecule has 0 amide bonds. The van der Waals surface area contributed by atoms with E-state index in [-0.39, 0.29) is 0 Å². The van der Waals surface area contributed by atoms with Gasteiger partial charge in [-0.05, 0) is 13.3 Å². The van der Waals surface area contributed by atoms with Crippen LogP contribution in [0.3, 0.4) is 0 Å². The van der Waals surface area contributed by atoms with Crippen molar-refractivity contribution in [2.24, 2.45) is 0 Å². The monoisotopic (exact) mass is 256 g/mol. The van der Waals surface area contributed by atoms with E-state index in [1.807, 2.05) is 19.1 Å². The van der Waals surface area contributed by atoms with E-state index in [0.29, 0.717) is 13.2 Å². The Labute approximate surface area is 114 Å². The van der Waals surface area contributed by atoms with Gasteiger partial charge in [0, 0.05) is 6.61 Å². The van der Waals surface area contributed by atoms with Gasteiger partial charge in [-0.2, -0.15) is 0 Å². The van der Waals surface area contributed by atoms with Gasteiger partial charge in [0.25, 0.3) is 0 Å². The predicted molar refractivity (Wildman–Crippen MR) is 79.1 cm³/mol. The summed E-state index contributed by atoms with van der Waals surface area (Å²) in [4.78, 5) is 0. The van der Waals surface area contributed by atoms with Crippen LogP contribution in [-0.4, -0.2) is 26.4 Å². The van der Waals surface area contributed by atoms with Crippen molar-refractivity contribution in [3.8, 4) is 0 Å². The van der Waals surface area contributed by atoms with E-state index in [9.17, 15) is 0 Å². The molecule has 0 spiro atoms. The third-order valence-electron chi connectivity index (χ3n) is 2.96. The van der Waals surface area contributed by atoms with Crippen molar-refractivity contribution in [3.05, 3.63) is 12.2 Å². The third-order valence-corrected chi connectivity index (χ3v) is 2.96. The molecule has 0 aliphatic rings. The largest absolute Gasteiger partial charge is 0.379 e. The Bertz CT molecular complexity index is 166. The van der Waals surface area contributed by atoms with Crippen LogP contribution in [0, 0.1) is 0 Å². The zero-order chi connectivity index (χ0) is 13.3. The lowest BCUT2D eigenvalue weighted by Gasteiger charge is -2.04. The minimum atomic E-state index is 0.706. The summed E-state index contributed by atoms with van der Waals surface area (Å²) in [6, 6.07) is 0. The second-order valence-electron chi connectivity index (χ2n) is 4.73. The second kappa shape index (κ2) is 16.7. The van der Waals surface area contributed by atoms with Crippen LogP contribution in [0.15, 0.2) is 12.2 Å². The van der Waals surface area contributed by atoms with Gasteiger partial charge < -0.3 is 9.47 Å². The predicted octanol–water partition coefficient (Wildman–Crippen LogP) is 4.74. The number of hydrogen-bond acceptors (Lipinski definition) is 2. The molecule has 108 valence electrons. The lowest BCUT2D eigenvalue weighted by atomic mass is 10.1. The molecule has 0 atom stereocenters. The summed E-state index contributed by atoms with van der Waals surface area (Å²) in [6.45, 7) is 7.30. The molecule has 0 saturated heterocycles. The molecule has 0 heterocycles. The zero-order valence-electron chi connectivity index (χ0n) is 12.5. The van der Waals surface area contributed by atoms with Crippen molar-refractivity contribution in [2.45, 2.75) is 65.2 Å². The number of ether oxygens (including phenoxy) is 2. The molecule has 0 aromatic heterocycles. The fourth-order valence-electron chi connectivity index (χ4n) is 1.81. The van der Waals surface area contributed by atoms with E-state index in [2.05, 4.69) is 6.92 Å². The van der Waals surface area contributed by atoms with Crippen molar-refractivity contribution in [2.75, 3.05) is 26.4 Å². The third kappa shape index (κ3) is 15.7. The topological polar surface area (TPSA) is 18.5 Å². The van der Waals surface area contributed by atoms with Crippen LogP contribution >= 0.6 is 0 Å². The summed E-state index contributed by atoms with van der Waals surface area (Å²) in [5, 5.41) is 0. The molecule has 0 fully saturated rings. The Morgan fingerprint density at radius 1 is 0.722 bits per heavy atom. The first-order chi connectivity index (χ1) is 8.91. The summed E-state index contributed by atoms with van der Waals surface area (Å²) < 4.78 is 10.9. The standard InChI is InChI=1S/C16H32O2/c1-3-5-7-8-9-10-11-12-14-18-16-15-17-13-6-4-2/h4,6H,3,5,7-16H2,1-2H3/b6-4+. The van der Waals surface area contributed by atoms with E-state index < -0.39 is 0 Å². The fourth-order valence-corrected chi connectivity index (χ4v) is 1.81. The van der Waals surface area contributed by atoms with E-state index in [1.165, 1.54) is 51.4 Å². The van der Waals surface area contributed by atoms with E-state index in [1.54, 1.807) is 0 Å². The molecule has 0 N–H and O–H groups in total. The Morgan fingerprint density at radius 2 is 1.33 bits per heavy atom. The maximum absolute atomic E-state index is 5.51. The van der Waals surface area contributed by atoms with Gasteiger partial charge in [-0.1, -0.05) is 64.0 Å². The smallest absolute Gasteiger partial charge is 0.0704 e. The van der Waals surface area contributed by atoms with Crippen molar-refractivity contribution < 1.29 is 9.47 Å². The lowest BCUT2D eigenvalue weighted by molar-refractivity contribution is 0.0566. The Balaban J connectivity index is 2.90. The average Bonchev–Trinajstić information content (AvgIpc) is 2.39. The van der Waals surface area contributed by atoms with Crippen LogP contribution < -0.4 is 0 Å². The fraction of sp³-hybridized carbons (Fsp3) is 0.875. The molecule has 2 nitrogen and oxygen atoms in total.